The summed E-state index contributed by atoms with van der Waals surface area (Å²) in [6, 6.07) is 14.8. The number of nitrogens with zero attached hydrogens (tertiary/aromatic N) is 5. The molecule has 7 rings (SSSR count). The monoisotopic (exact) mass is 828 g/mol. The minimum absolute atomic E-state index is 0.0677. The predicted molar refractivity (Wildman–Crippen MR) is 220 cm³/mol. The number of hydrogen-bond donors (Lipinski definition) is 3. The maximum absolute atomic E-state index is 13.4. The molecule has 17 heteroatoms. The number of nitrogens with one attached hydrogen (secondary N) is 3. The quantitative estimate of drug-likeness (QED) is 0.150. The Labute approximate surface area is 342 Å². The van der Waals surface area contributed by atoms with E-state index in [1.54, 1.807) is 50.2 Å². The van der Waals surface area contributed by atoms with Crippen LogP contribution in [0.25, 0.3) is 0 Å². The minimum Gasteiger partial charge on any atom is -0.489 e. The Morgan fingerprint density at radius 3 is 2.34 bits per heavy atom. The number of rotatable bonds is 12. The molecule has 0 radical (unpaired) electrons. The number of benzene rings is 3. The molecule has 15 nitrogen and oxygen atoms in total. The molecule has 4 heterocycles. The standard InChI is InChI=1S/C41H45ClN8O7S/c1-23(2)57-34-20-33(25(5)18-31(34)45-41-43-21-29(42)37(47-41)44-30-8-6-7-9-35(30)58(55,56)24(3)4)49-16-14-48(15-17-49)22-26-10-11-27-28(19-26)40(54)50(39(27)53)32-12-13-36(51)46-38(32)52/h6-11,18-21,23-24,32H,12-17,22H2,1-5H3,(H,46,51,52)(H2,43,44,45,47). The summed E-state index contributed by atoms with van der Waals surface area (Å²) in [7, 11) is -3.59. The largest absolute Gasteiger partial charge is 0.489 e. The summed E-state index contributed by atoms with van der Waals surface area (Å²) >= 11 is 6.49. The van der Waals surface area contributed by atoms with Crippen molar-refractivity contribution in [1.29, 1.82) is 0 Å². The van der Waals surface area contributed by atoms with E-state index in [1.165, 1.54) is 6.20 Å². The SMILES string of the molecule is Cc1cc(Nc2ncc(Cl)c(Nc3ccccc3S(=O)(=O)C(C)C)n2)c(OC(C)C)cc1N1CCN(Cc2ccc3c(c2)C(=O)N(C2CCC(=O)NC2=O)C3=O)CC1. The number of anilines is 5. The highest BCUT2D eigenvalue weighted by Gasteiger charge is 2.44. The average molecular weight is 829 g/mol. The summed E-state index contributed by atoms with van der Waals surface area (Å²) in [5.41, 5.74) is 4.41. The highest BCUT2D eigenvalue weighted by molar-refractivity contribution is 7.92. The van der Waals surface area contributed by atoms with Crippen LogP contribution in [0.1, 0.15) is 72.4 Å². The fourth-order valence-electron chi connectivity index (χ4n) is 7.32. The molecule has 0 spiro atoms. The van der Waals surface area contributed by atoms with Gasteiger partial charge in [-0.1, -0.05) is 29.8 Å². The second kappa shape index (κ2) is 16.3. The van der Waals surface area contributed by atoms with Crippen LogP contribution in [0.3, 0.4) is 0 Å². The number of carbonyl (C=O) groups excluding carboxylic acids is 4. The van der Waals surface area contributed by atoms with Gasteiger partial charge >= 0.3 is 0 Å². The van der Waals surface area contributed by atoms with Crippen molar-refractivity contribution in [1.82, 2.24) is 25.1 Å². The molecule has 4 amide bonds. The number of imide groups is 2. The zero-order valence-electron chi connectivity index (χ0n) is 32.8. The molecular weight excluding hydrogens is 784 g/mol. The molecule has 0 aliphatic carbocycles. The number of amides is 4. The summed E-state index contributed by atoms with van der Waals surface area (Å²) in [5.74, 6) is -1.02. The van der Waals surface area contributed by atoms with Crippen molar-refractivity contribution in [3.8, 4) is 5.75 Å². The number of carbonyl (C=O) groups is 4. The molecule has 3 aromatic carbocycles. The smallest absolute Gasteiger partial charge is 0.262 e. The molecule has 0 bridgehead atoms. The fraction of sp³-hybridized carbons (Fsp3) is 0.366. The summed E-state index contributed by atoms with van der Waals surface area (Å²) in [5, 5.41) is 8.19. The Hall–Kier alpha value is -5.58. The van der Waals surface area contributed by atoms with Crippen molar-refractivity contribution in [2.24, 2.45) is 0 Å². The molecule has 3 N–H and O–H groups in total. The van der Waals surface area contributed by atoms with Crippen LogP contribution in [-0.4, -0.2) is 95.4 Å². The first-order valence-corrected chi connectivity index (χ1v) is 21.1. The van der Waals surface area contributed by atoms with Crippen LogP contribution >= 0.6 is 11.6 Å². The molecule has 3 aliphatic rings. The van der Waals surface area contributed by atoms with Gasteiger partial charge in [-0.3, -0.25) is 34.3 Å². The van der Waals surface area contributed by atoms with Gasteiger partial charge in [0.15, 0.2) is 15.7 Å². The van der Waals surface area contributed by atoms with Crippen LogP contribution in [0.4, 0.5) is 28.8 Å². The second-order valence-corrected chi connectivity index (χ2v) is 18.0. The Bertz CT molecular complexity index is 2420. The molecule has 2 fully saturated rings. The zero-order valence-corrected chi connectivity index (χ0v) is 34.4. The van der Waals surface area contributed by atoms with Crippen LogP contribution in [0, 0.1) is 6.92 Å². The average Bonchev–Trinajstić information content (AvgIpc) is 3.42. The molecule has 1 aromatic heterocycles. The molecule has 3 aliphatic heterocycles. The van der Waals surface area contributed by atoms with E-state index in [1.807, 2.05) is 39.0 Å². The van der Waals surface area contributed by atoms with Crippen molar-refractivity contribution in [3.05, 3.63) is 88.1 Å². The number of piperidine rings is 1. The number of sulfone groups is 1. The summed E-state index contributed by atoms with van der Waals surface area (Å²) in [4.78, 5) is 65.3. The summed E-state index contributed by atoms with van der Waals surface area (Å²) < 4.78 is 32.4. The molecule has 58 heavy (non-hydrogen) atoms. The maximum Gasteiger partial charge on any atom is 0.262 e. The van der Waals surface area contributed by atoms with Crippen LogP contribution in [-0.2, 0) is 26.0 Å². The number of para-hydroxylation sites is 1. The Kier molecular flexibility index (Phi) is 11.4. The van der Waals surface area contributed by atoms with Gasteiger partial charge in [-0.25, -0.2) is 13.4 Å². The second-order valence-electron chi connectivity index (χ2n) is 15.1. The van der Waals surface area contributed by atoms with Crippen LogP contribution in [0.2, 0.25) is 5.02 Å². The molecule has 0 saturated carbocycles. The van der Waals surface area contributed by atoms with Gasteiger partial charge in [-0.15, -0.1) is 0 Å². The van der Waals surface area contributed by atoms with Gasteiger partial charge in [0, 0.05) is 50.9 Å². The van der Waals surface area contributed by atoms with E-state index < -0.39 is 44.8 Å². The zero-order chi connectivity index (χ0) is 41.5. The molecule has 1 unspecified atom stereocenters. The first-order valence-electron chi connectivity index (χ1n) is 19.1. The molecule has 4 aromatic rings. The summed E-state index contributed by atoms with van der Waals surface area (Å²) in [6.45, 7) is 12.7. The first kappa shape index (κ1) is 40.6. The van der Waals surface area contributed by atoms with Crippen molar-refractivity contribution in [2.75, 3.05) is 41.7 Å². The number of hydrogen-bond acceptors (Lipinski definition) is 13. The van der Waals surface area contributed by atoms with Gasteiger partial charge in [0.05, 0.1) is 44.9 Å². The maximum atomic E-state index is 13.4. The first-order chi connectivity index (χ1) is 27.6. The van der Waals surface area contributed by atoms with Crippen molar-refractivity contribution in [3.63, 3.8) is 0 Å². The predicted octanol–water partition coefficient (Wildman–Crippen LogP) is 5.62. The van der Waals surface area contributed by atoms with Gasteiger partial charge in [-0.05, 0) is 82.5 Å². The molecule has 1 atom stereocenters. The Balaban J connectivity index is 1.03. The van der Waals surface area contributed by atoms with E-state index in [0.717, 1.165) is 47.9 Å². The molecule has 304 valence electrons. The van der Waals surface area contributed by atoms with E-state index in [2.05, 4.69) is 35.7 Å². The lowest BCUT2D eigenvalue weighted by Crippen LogP contribution is -2.54. The third kappa shape index (κ3) is 8.22. The number of fused-ring (bicyclic) bond motifs is 1. The van der Waals surface area contributed by atoms with Gasteiger partial charge in [0.2, 0.25) is 17.8 Å². The number of piperazine rings is 1. The molecular formula is C41H45ClN8O7S. The lowest BCUT2D eigenvalue weighted by molar-refractivity contribution is -0.136. The van der Waals surface area contributed by atoms with Crippen molar-refractivity contribution >= 4 is 73.9 Å². The third-order valence-electron chi connectivity index (χ3n) is 10.3. The van der Waals surface area contributed by atoms with E-state index in [0.29, 0.717) is 23.7 Å². The van der Waals surface area contributed by atoms with Crippen LogP contribution in [0.15, 0.2) is 65.7 Å². The highest BCUT2D eigenvalue weighted by atomic mass is 35.5. The van der Waals surface area contributed by atoms with Gasteiger partial charge in [0.25, 0.3) is 11.8 Å². The van der Waals surface area contributed by atoms with Gasteiger partial charge in [-0.2, -0.15) is 4.98 Å². The van der Waals surface area contributed by atoms with Crippen LogP contribution in [0.5, 0.6) is 5.75 Å². The lowest BCUT2D eigenvalue weighted by atomic mass is 10.0. The summed E-state index contributed by atoms with van der Waals surface area (Å²) in [6.07, 6.45) is 1.48. The number of ether oxygens (including phenoxy) is 1. The molecule has 2 saturated heterocycles. The topological polar surface area (TPSA) is 183 Å². The number of aromatic nitrogens is 2. The van der Waals surface area contributed by atoms with Gasteiger partial charge < -0.3 is 20.3 Å². The van der Waals surface area contributed by atoms with Crippen molar-refractivity contribution in [2.45, 2.75) is 76.3 Å². The van der Waals surface area contributed by atoms with Crippen LogP contribution < -0.4 is 25.6 Å². The Morgan fingerprint density at radius 1 is 0.914 bits per heavy atom. The number of halogens is 1. The van der Waals surface area contributed by atoms with Gasteiger partial charge in [0.1, 0.15) is 16.8 Å². The van der Waals surface area contributed by atoms with Crippen molar-refractivity contribution < 1.29 is 32.3 Å². The van der Waals surface area contributed by atoms with E-state index in [4.69, 9.17) is 16.3 Å². The highest BCUT2D eigenvalue weighted by Crippen LogP contribution is 2.37. The fourth-order valence-corrected chi connectivity index (χ4v) is 8.66. The minimum atomic E-state index is -3.59. The van der Waals surface area contributed by atoms with E-state index in [-0.39, 0.29) is 51.8 Å². The normalized spacial score (nSPS) is 17.6. The third-order valence-corrected chi connectivity index (χ3v) is 12.8. The Morgan fingerprint density at radius 2 is 1.64 bits per heavy atom. The lowest BCUT2D eigenvalue weighted by Gasteiger charge is -2.37. The van der Waals surface area contributed by atoms with E-state index >= 15 is 0 Å². The van der Waals surface area contributed by atoms with E-state index in [9.17, 15) is 27.6 Å². The number of aryl methyl sites for hydroxylation is 1.